The van der Waals surface area contributed by atoms with E-state index in [1.54, 1.807) is 16.2 Å². The van der Waals surface area contributed by atoms with Crippen molar-refractivity contribution in [3.8, 4) is 0 Å². The van der Waals surface area contributed by atoms with Crippen LogP contribution >= 0.6 is 11.3 Å². The second-order valence-corrected chi connectivity index (χ2v) is 6.59. The summed E-state index contributed by atoms with van der Waals surface area (Å²) < 4.78 is 1.40. The lowest BCUT2D eigenvalue weighted by Crippen LogP contribution is -2.51. The van der Waals surface area contributed by atoms with Gasteiger partial charge in [-0.15, -0.1) is 16.4 Å². The summed E-state index contributed by atoms with van der Waals surface area (Å²) >= 11 is 1.60. The highest BCUT2D eigenvalue weighted by atomic mass is 32.1. The summed E-state index contributed by atoms with van der Waals surface area (Å²) in [5, 5.41) is 12.6. The number of tetrazole rings is 1. The molecule has 0 bridgehead atoms. The van der Waals surface area contributed by atoms with Gasteiger partial charge in [-0.05, 0) is 29.8 Å². The highest BCUT2D eigenvalue weighted by molar-refractivity contribution is 7.10. The first-order valence-corrected chi connectivity index (χ1v) is 8.26. The van der Waals surface area contributed by atoms with Gasteiger partial charge in [0.1, 0.15) is 12.9 Å². The molecule has 0 radical (unpaired) electrons. The Balaban J connectivity index is 1.57. The zero-order valence-corrected chi connectivity index (χ0v) is 13.9. The number of hydrogen-bond acceptors (Lipinski definition) is 6. The zero-order chi connectivity index (χ0) is 16.4. The maximum atomic E-state index is 12.6. The molecule has 0 spiro atoms. The highest BCUT2D eigenvalue weighted by Crippen LogP contribution is 2.22. The molecule has 1 aliphatic rings. The van der Waals surface area contributed by atoms with Crippen LogP contribution in [0.5, 0.6) is 0 Å². The topological polar surface area (TPSA) is 84.2 Å². The molecule has 0 aromatic carbocycles. The minimum absolute atomic E-state index is 0.0352. The number of piperazine rings is 1. The summed E-state index contributed by atoms with van der Waals surface area (Å²) in [6.45, 7) is 6.30. The Morgan fingerprint density at radius 2 is 1.87 bits per heavy atom. The fraction of sp³-hybridized carbons (Fsp3) is 0.500. The van der Waals surface area contributed by atoms with Crippen molar-refractivity contribution >= 4 is 23.2 Å². The van der Waals surface area contributed by atoms with Crippen LogP contribution < -0.4 is 0 Å². The van der Waals surface area contributed by atoms with Gasteiger partial charge in [0.25, 0.3) is 5.91 Å². The van der Waals surface area contributed by atoms with Crippen LogP contribution in [0.1, 0.15) is 20.8 Å². The van der Waals surface area contributed by atoms with Crippen molar-refractivity contribution in [2.24, 2.45) is 0 Å². The third-order valence-corrected chi connectivity index (χ3v) is 5.14. The predicted molar refractivity (Wildman–Crippen MR) is 84.1 cm³/mol. The van der Waals surface area contributed by atoms with Gasteiger partial charge < -0.3 is 9.80 Å². The lowest BCUT2D eigenvalue weighted by Gasteiger charge is -2.34. The summed E-state index contributed by atoms with van der Waals surface area (Å²) in [5.41, 5.74) is 1.83. The Morgan fingerprint density at radius 1 is 1.17 bits per heavy atom. The summed E-state index contributed by atoms with van der Waals surface area (Å²) in [4.78, 5) is 29.5. The van der Waals surface area contributed by atoms with E-state index >= 15 is 0 Å². The van der Waals surface area contributed by atoms with E-state index in [4.69, 9.17) is 0 Å². The van der Waals surface area contributed by atoms with E-state index in [0.717, 1.165) is 11.1 Å². The van der Waals surface area contributed by atoms with Crippen molar-refractivity contribution < 1.29 is 9.59 Å². The van der Waals surface area contributed by atoms with Gasteiger partial charge in [-0.25, -0.2) is 4.68 Å². The van der Waals surface area contributed by atoms with Gasteiger partial charge >= 0.3 is 0 Å². The zero-order valence-electron chi connectivity index (χ0n) is 13.1. The molecule has 23 heavy (non-hydrogen) atoms. The van der Waals surface area contributed by atoms with Crippen LogP contribution in [0.25, 0.3) is 0 Å². The van der Waals surface area contributed by atoms with E-state index in [1.165, 1.54) is 15.9 Å². The molecule has 122 valence electrons. The largest absolute Gasteiger partial charge is 0.338 e. The van der Waals surface area contributed by atoms with E-state index < -0.39 is 0 Å². The second kappa shape index (κ2) is 6.45. The highest BCUT2D eigenvalue weighted by Gasteiger charge is 2.26. The molecule has 2 aromatic heterocycles. The molecule has 3 rings (SSSR count). The minimum Gasteiger partial charge on any atom is -0.338 e. The van der Waals surface area contributed by atoms with Gasteiger partial charge in [-0.3, -0.25) is 9.59 Å². The predicted octanol–water partition coefficient (Wildman–Crippen LogP) is 0.336. The first-order valence-electron chi connectivity index (χ1n) is 7.39. The molecule has 9 heteroatoms. The SMILES string of the molecule is Cc1scc(C(=O)N2CCN(C(=O)Cn3cnnn3)CC2)c1C. The third-order valence-electron chi connectivity index (χ3n) is 4.12. The Hall–Kier alpha value is -2.29. The molecule has 0 unspecified atom stereocenters. The number of aryl methyl sites for hydroxylation is 1. The number of nitrogens with zero attached hydrogens (tertiary/aromatic N) is 6. The van der Waals surface area contributed by atoms with Gasteiger partial charge in [0.2, 0.25) is 5.91 Å². The Kier molecular flexibility index (Phi) is 4.37. The van der Waals surface area contributed by atoms with Gasteiger partial charge in [0, 0.05) is 36.4 Å². The van der Waals surface area contributed by atoms with Crippen LogP contribution in [0.4, 0.5) is 0 Å². The van der Waals surface area contributed by atoms with Crippen LogP contribution in [0.2, 0.25) is 0 Å². The van der Waals surface area contributed by atoms with Crippen LogP contribution in [-0.2, 0) is 11.3 Å². The van der Waals surface area contributed by atoms with E-state index in [2.05, 4.69) is 15.5 Å². The monoisotopic (exact) mass is 334 g/mol. The van der Waals surface area contributed by atoms with Gasteiger partial charge in [-0.1, -0.05) is 0 Å². The third kappa shape index (κ3) is 3.24. The van der Waals surface area contributed by atoms with Gasteiger partial charge in [0.05, 0.1) is 5.56 Å². The molecular weight excluding hydrogens is 316 g/mol. The number of amides is 2. The lowest BCUT2D eigenvalue weighted by molar-refractivity contribution is -0.133. The van der Waals surface area contributed by atoms with Crippen molar-refractivity contribution in [2.45, 2.75) is 20.4 Å². The minimum atomic E-state index is -0.0352. The molecule has 0 saturated carbocycles. The number of thiophene rings is 1. The van der Waals surface area contributed by atoms with E-state index in [0.29, 0.717) is 26.2 Å². The number of carbonyl (C=O) groups is 2. The van der Waals surface area contributed by atoms with Crippen molar-refractivity contribution in [3.63, 3.8) is 0 Å². The van der Waals surface area contributed by atoms with Crippen LogP contribution in [0.3, 0.4) is 0 Å². The molecule has 1 aliphatic heterocycles. The summed E-state index contributed by atoms with van der Waals surface area (Å²) in [5.74, 6) is 0.0198. The Bertz CT molecular complexity index is 703. The van der Waals surface area contributed by atoms with Crippen LogP contribution in [0, 0.1) is 13.8 Å². The number of aromatic nitrogens is 4. The summed E-state index contributed by atoms with van der Waals surface area (Å²) in [7, 11) is 0. The summed E-state index contributed by atoms with van der Waals surface area (Å²) in [6, 6.07) is 0. The molecule has 8 nitrogen and oxygen atoms in total. The standard InChI is InChI=1S/C14H18N6O2S/c1-10-11(2)23-8-12(10)14(22)19-5-3-18(4-6-19)13(21)7-20-9-15-16-17-20/h8-9H,3-7H2,1-2H3. The molecule has 2 amide bonds. The molecule has 2 aromatic rings. The average molecular weight is 334 g/mol. The number of hydrogen-bond donors (Lipinski definition) is 0. The van der Waals surface area contributed by atoms with Crippen molar-refractivity contribution in [1.82, 2.24) is 30.0 Å². The Morgan fingerprint density at radius 3 is 2.43 bits per heavy atom. The first kappa shape index (κ1) is 15.6. The van der Waals surface area contributed by atoms with Crippen LogP contribution in [0.15, 0.2) is 11.7 Å². The second-order valence-electron chi connectivity index (χ2n) is 5.51. The van der Waals surface area contributed by atoms with Crippen molar-refractivity contribution in [1.29, 1.82) is 0 Å². The molecule has 3 heterocycles. The molecular formula is C14H18N6O2S. The van der Waals surface area contributed by atoms with Crippen LogP contribution in [-0.4, -0.2) is 68.0 Å². The normalized spacial score (nSPS) is 15.0. The summed E-state index contributed by atoms with van der Waals surface area (Å²) in [6.07, 6.45) is 1.42. The van der Waals surface area contributed by atoms with Crippen molar-refractivity contribution in [3.05, 3.63) is 27.7 Å². The first-order chi connectivity index (χ1) is 11.1. The van der Waals surface area contributed by atoms with E-state index in [1.807, 2.05) is 24.1 Å². The molecule has 1 fully saturated rings. The average Bonchev–Trinajstić information content (AvgIpc) is 3.18. The van der Waals surface area contributed by atoms with E-state index in [-0.39, 0.29) is 18.4 Å². The van der Waals surface area contributed by atoms with Crippen molar-refractivity contribution in [2.75, 3.05) is 26.2 Å². The maximum absolute atomic E-state index is 12.6. The number of rotatable bonds is 3. The molecule has 0 atom stereocenters. The quantitative estimate of drug-likeness (QED) is 0.808. The molecule has 1 saturated heterocycles. The number of carbonyl (C=O) groups excluding carboxylic acids is 2. The van der Waals surface area contributed by atoms with E-state index in [9.17, 15) is 9.59 Å². The fourth-order valence-corrected chi connectivity index (χ4v) is 3.40. The molecule has 0 aliphatic carbocycles. The maximum Gasteiger partial charge on any atom is 0.255 e. The Labute approximate surface area is 137 Å². The lowest BCUT2D eigenvalue weighted by atomic mass is 10.1. The van der Waals surface area contributed by atoms with Gasteiger partial charge in [-0.2, -0.15) is 0 Å². The molecule has 0 N–H and O–H groups in total. The smallest absolute Gasteiger partial charge is 0.255 e. The fourth-order valence-electron chi connectivity index (χ4n) is 2.55. The van der Waals surface area contributed by atoms with Gasteiger partial charge in [0.15, 0.2) is 0 Å².